The number of benzene rings is 1. The van der Waals surface area contributed by atoms with Crippen molar-refractivity contribution in [3.05, 3.63) is 35.4 Å². The zero-order valence-corrected chi connectivity index (χ0v) is 9.95. The minimum Gasteiger partial charge on any atom is -0.379 e. The molecule has 78 valence electrons. The molecule has 0 spiro atoms. The van der Waals surface area contributed by atoms with Gasteiger partial charge in [0, 0.05) is 9.93 Å². The van der Waals surface area contributed by atoms with Crippen molar-refractivity contribution in [2.24, 2.45) is 0 Å². The van der Waals surface area contributed by atoms with Crippen LogP contribution in [0.2, 0.25) is 0 Å². The molecule has 0 aliphatic heterocycles. The maximum Gasteiger partial charge on any atom is 0.102 e. The smallest absolute Gasteiger partial charge is 0.102 e. The molecule has 0 aliphatic carbocycles. The molecule has 0 heterocycles. The second-order valence-electron chi connectivity index (χ2n) is 2.87. The molecule has 0 unspecified atom stereocenters. The zero-order valence-electron chi connectivity index (χ0n) is 8.38. The van der Waals surface area contributed by atoms with E-state index in [4.69, 9.17) is 16.9 Å². The van der Waals surface area contributed by atoms with E-state index in [1.165, 1.54) is 0 Å². The Bertz CT molecular complexity index is 410. The topological polar surface area (TPSA) is 35.8 Å². The van der Waals surface area contributed by atoms with E-state index in [0.717, 1.165) is 10.6 Å². The summed E-state index contributed by atoms with van der Waals surface area (Å²) < 4.78 is 0. The van der Waals surface area contributed by atoms with Gasteiger partial charge in [-0.25, -0.2) is 0 Å². The van der Waals surface area contributed by atoms with Crippen molar-refractivity contribution in [1.29, 1.82) is 5.26 Å². The van der Waals surface area contributed by atoms with Crippen LogP contribution in [0.1, 0.15) is 5.56 Å². The zero-order chi connectivity index (χ0) is 11.3. The Labute approximate surface area is 98.9 Å². The molecule has 0 amide bonds. The molecular weight excluding hydrogens is 228 g/mol. The van der Waals surface area contributed by atoms with Crippen LogP contribution < -0.4 is 5.32 Å². The highest BCUT2D eigenvalue weighted by molar-refractivity contribution is 7.98. The van der Waals surface area contributed by atoms with Crippen LogP contribution in [0.15, 0.2) is 34.7 Å². The molecular formula is C11H11ClN2S. The number of hydrogen-bond donors (Lipinski definition) is 1. The third kappa shape index (κ3) is 3.19. The summed E-state index contributed by atoms with van der Waals surface area (Å²) in [5, 5.41) is 12.6. The van der Waals surface area contributed by atoms with Gasteiger partial charge in [0.25, 0.3) is 0 Å². The summed E-state index contributed by atoms with van der Waals surface area (Å²) in [6.45, 7) is 4.05. The van der Waals surface area contributed by atoms with Crippen LogP contribution in [-0.2, 0) is 0 Å². The van der Waals surface area contributed by atoms with Crippen molar-refractivity contribution in [1.82, 2.24) is 0 Å². The predicted molar refractivity (Wildman–Crippen MR) is 66.4 cm³/mol. The summed E-state index contributed by atoms with van der Waals surface area (Å²) in [5.41, 5.74) is 1.45. The lowest BCUT2D eigenvalue weighted by atomic mass is 10.2. The van der Waals surface area contributed by atoms with Gasteiger partial charge in [0.2, 0.25) is 0 Å². The van der Waals surface area contributed by atoms with E-state index >= 15 is 0 Å². The molecule has 1 aromatic rings. The quantitative estimate of drug-likeness (QED) is 0.817. The Morgan fingerprint density at radius 2 is 2.40 bits per heavy atom. The van der Waals surface area contributed by atoms with Gasteiger partial charge in [0.05, 0.1) is 17.8 Å². The van der Waals surface area contributed by atoms with Crippen LogP contribution in [0.4, 0.5) is 5.69 Å². The molecule has 0 aromatic heterocycles. The highest BCUT2D eigenvalue weighted by atomic mass is 35.5. The van der Waals surface area contributed by atoms with Gasteiger partial charge >= 0.3 is 0 Å². The van der Waals surface area contributed by atoms with Crippen LogP contribution in [-0.4, -0.2) is 12.8 Å². The van der Waals surface area contributed by atoms with Crippen molar-refractivity contribution < 1.29 is 0 Å². The maximum absolute atomic E-state index is 9.04. The Balaban J connectivity index is 2.97. The molecule has 0 saturated heterocycles. The number of nitrogens with one attached hydrogen (secondary N) is 1. The summed E-state index contributed by atoms with van der Waals surface area (Å²) in [6.07, 6.45) is 1.94. The fraction of sp³-hybridized carbons (Fsp3) is 0.182. The third-order valence-electron chi connectivity index (χ3n) is 1.83. The Hall–Kier alpha value is -1.11. The van der Waals surface area contributed by atoms with Crippen LogP contribution in [0.25, 0.3) is 0 Å². The number of anilines is 1. The van der Waals surface area contributed by atoms with E-state index in [2.05, 4.69) is 18.0 Å². The minimum atomic E-state index is 0.466. The average molecular weight is 239 g/mol. The SMILES string of the molecule is C=C(Cl)CNc1cccc(SC)c1C#N. The first kappa shape index (κ1) is 12.0. The van der Waals surface area contributed by atoms with Gasteiger partial charge in [-0.2, -0.15) is 5.26 Å². The van der Waals surface area contributed by atoms with Gasteiger partial charge in [-0.05, 0) is 18.4 Å². The number of nitriles is 1. The summed E-state index contributed by atoms with van der Waals surface area (Å²) in [6, 6.07) is 7.87. The van der Waals surface area contributed by atoms with E-state index in [1.54, 1.807) is 11.8 Å². The average Bonchev–Trinajstić information content (AvgIpc) is 2.25. The molecule has 0 radical (unpaired) electrons. The Morgan fingerprint density at radius 3 is 2.93 bits per heavy atom. The number of hydrogen-bond acceptors (Lipinski definition) is 3. The Kier molecular flexibility index (Phi) is 4.54. The molecule has 1 rings (SSSR count). The molecule has 0 atom stereocenters. The second-order valence-corrected chi connectivity index (χ2v) is 4.25. The highest BCUT2D eigenvalue weighted by Gasteiger charge is 2.06. The fourth-order valence-corrected chi connectivity index (χ4v) is 1.80. The van der Waals surface area contributed by atoms with E-state index in [9.17, 15) is 0 Å². The molecule has 15 heavy (non-hydrogen) atoms. The molecule has 4 heteroatoms. The molecule has 0 fully saturated rings. The van der Waals surface area contributed by atoms with Crippen LogP contribution in [0.3, 0.4) is 0 Å². The lowest BCUT2D eigenvalue weighted by Crippen LogP contribution is -2.03. The second kappa shape index (κ2) is 5.69. The van der Waals surface area contributed by atoms with Gasteiger partial charge in [0.1, 0.15) is 6.07 Å². The third-order valence-corrected chi connectivity index (χ3v) is 2.74. The number of halogens is 1. The number of thioether (sulfide) groups is 1. The van der Waals surface area contributed by atoms with Gasteiger partial charge in [-0.15, -0.1) is 11.8 Å². The van der Waals surface area contributed by atoms with Crippen LogP contribution >= 0.6 is 23.4 Å². The van der Waals surface area contributed by atoms with E-state index in [1.807, 2.05) is 24.5 Å². The molecule has 0 bridgehead atoms. The van der Waals surface area contributed by atoms with Crippen molar-refractivity contribution in [2.75, 3.05) is 18.1 Å². The summed E-state index contributed by atoms with van der Waals surface area (Å²) in [5.74, 6) is 0. The minimum absolute atomic E-state index is 0.466. The largest absolute Gasteiger partial charge is 0.379 e. The fourth-order valence-electron chi connectivity index (χ4n) is 1.16. The monoisotopic (exact) mass is 238 g/mol. The molecule has 0 saturated carbocycles. The van der Waals surface area contributed by atoms with Crippen LogP contribution in [0, 0.1) is 11.3 Å². The number of nitrogens with zero attached hydrogens (tertiary/aromatic N) is 1. The van der Waals surface area contributed by atoms with E-state index < -0.39 is 0 Å². The summed E-state index contributed by atoms with van der Waals surface area (Å²) >= 11 is 7.20. The predicted octanol–water partition coefficient (Wildman–Crippen LogP) is 3.44. The van der Waals surface area contributed by atoms with Gasteiger partial charge in [0.15, 0.2) is 0 Å². The van der Waals surface area contributed by atoms with Crippen molar-refractivity contribution in [3.63, 3.8) is 0 Å². The van der Waals surface area contributed by atoms with E-state index in [-0.39, 0.29) is 0 Å². The van der Waals surface area contributed by atoms with Gasteiger partial charge in [-0.3, -0.25) is 0 Å². The standard InChI is InChI=1S/C11H11ClN2S/c1-8(12)7-14-10-4-3-5-11(15-2)9(10)6-13/h3-5,14H,1,7H2,2H3. The first-order valence-electron chi connectivity index (χ1n) is 4.33. The molecule has 2 nitrogen and oxygen atoms in total. The van der Waals surface area contributed by atoms with Crippen LogP contribution in [0.5, 0.6) is 0 Å². The van der Waals surface area contributed by atoms with Gasteiger partial charge in [-0.1, -0.05) is 24.2 Å². The van der Waals surface area contributed by atoms with Crippen molar-refractivity contribution >= 4 is 29.1 Å². The lowest BCUT2D eigenvalue weighted by Gasteiger charge is -2.09. The van der Waals surface area contributed by atoms with Crippen molar-refractivity contribution in [2.45, 2.75) is 4.90 Å². The molecule has 1 aromatic carbocycles. The first-order valence-corrected chi connectivity index (χ1v) is 5.93. The summed E-state index contributed by atoms with van der Waals surface area (Å²) in [4.78, 5) is 0.961. The van der Waals surface area contributed by atoms with E-state index in [0.29, 0.717) is 17.1 Å². The normalized spacial score (nSPS) is 9.40. The summed E-state index contributed by atoms with van der Waals surface area (Å²) in [7, 11) is 0. The van der Waals surface area contributed by atoms with Crippen molar-refractivity contribution in [3.8, 4) is 6.07 Å². The lowest BCUT2D eigenvalue weighted by molar-refractivity contribution is 1.27. The maximum atomic E-state index is 9.04. The Morgan fingerprint density at radius 1 is 1.67 bits per heavy atom. The molecule has 1 N–H and O–H groups in total. The first-order chi connectivity index (χ1) is 7.19. The number of rotatable bonds is 4. The van der Waals surface area contributed by atoms with Gasteiger partial charge < -0.3 is 5.32 Å². The highest BCUT2D eigenvalue weighted by Crippen LogP contribution is 2.26. The molecule has 0 aliphatic rings.